The number of halogens is 1. The van der Waals surface area contributed by atoms with E-state index in [2.05, 4.69) is 27.8 Å². The Labute approximate surface area is 182 Å². The van der Waals surface area contributed by atoms with Crippen LogP contribution in [0.1, 0.15) is 18.4 Å². The minimum absolute atomic E-state index is 0.0923. The molecule has 1 aliphatic rings. The van der Waals surface area contributed by atoms with Gasteiger partial charge in [0.05, 0.1) is 12.1 Å². The van der Waals surface area contributed by atoms with Crippen molar-refractivity contribution in [2.75, 3.05) is 44.2 Å². The average Bonchev–Trinajstić information content (AvgIpc) is 2.76. The molecule has 1 saturated heterocycles. The lowest BCUT2D eigenvalue weighted by molar-refractivity contribution is 0.238. The van der Waals surface area contributed by atoms with Crippen molar-refractivity contribution in [1.82, 2.24) is 9.88 Å². The van der Waals surface area contributed by atoms with Gasteiger partial charge in [-0.3, -0.25) is 9.69 Å². The quantitative estimate of drug-likeness (QED) is 0.567. The number of aromatic nitrogens is 1. The molecule has 2 aromatic carbocycles. The lowest BCUT2D eigenvalue weighted by atomic mass is 10.1. The first-order valence-corrected chi connectivity index (χ1v) is 11.0. The number of H-pyrrole nitrogens is 1. The molecule has 5 nitrogen and oxygen atoms in total. The standard InChI is InChI=1S/C24H28ClN3O2/c1-18-21(25)5-4-6-23(18)28-14-12-27(13-15-28)11-2-3-16-30-20-9-7-19-8-10-24(29)26-22(19)17-20/h4-10,17H,2-3,11-16H2,1H3,(H,26,29). The van der Waals surface area contributed by atoms with Crippen molar-refractivity contribution in [3.63, 3.8) is 0 Å². The van der Waals surface area contributed by atoms with Gasteiger partial charge in [0.15, 0.2) is 0 Å². The van der Waals surface area contributed by atoms with Crippen LogP contribution in [-0.2, 0) is 0 Å². The van der Waals surface area contributed by atoms with Gasteiger partial charge < -0.3 is 14.6 Å². The van der Waals surface area contributed by atoms with Gasteiger partial charge in [-0.25, -0.2) is 0 Å². The molecule has 158 valence electrons. The number of aromatic amines is 1. The molecule has 6 heteroatoms. The molecule has 0 aliphatic carbocycles. The number of ether oxygens (including phenoxy) is 1. The van der Waals surface area contributed by atoms with Gasteiger partial charge >= 0.3 is 0 Å². The molecule has 0 atom stereocenters. The summed E-state index contributed by atoms with van der Waals surface area (Å²) < 4.78 is 5.88. The number of hydrogen-bond acceptors (Lipinski definition) is 4. The average molecular weight is 426 g/mol. The van der Waals surface area contributed by atoms with Crippen LogP contribution in [0.15, 0.2) is 53.3 Å². The molecule has 0 bridgehead atoms. The maximum atomic E-state index is 11.5. The Morgan fingerprint density at radius 2 is 1.83 bits per heavy atom. The van der Waals surface area contributed by atoms with Gasteiger partial charge in [-0.1, -0.05) is 17.7 Å². The molecule has 1 N–H and O–H groups in total. The fourth-order valence-electron chi connectivity index (χ4n) is 4.00. The van der Waals surface area contributed by atoms with Gasteiger partial charge in [0, 0.05) is 49.0 Å². The van der Waals surface area contributed by atoms with E-state index in [1.165, 1.54) is 11.3 Å². The Morgan fingerprint density at radius 1 is 1.03 bits per heavy atom. The van der Waals surface area contributed by atoms with E-state index in [4.69, 9.17) is 16.3 Å². The predicted octanol–water partition coefficient (Wildman–Crippen LogP) is 4.47. The van der Waals surface area contributed by atoms with Crippen LogP contribution < -0.4 is 15.2 Å². The molecule has 0 radical (unpaired) electrons. The smallest absolute Gasteiger partial charge is 0.248 e. The number of nitrogens with zero attached hydrogens (tertiary/aromatic N) is 2. The van der Waals surface area contributed by atoms with Crippen molar-refractivity contribution in [2.24, 2.45) is 0 Å². The summed E-state index contributed by atoms with van der Waals surface area (Å²) in [7, 11) is 0. The Morgan fingerprint density at radius 3 is 2.67 bits per heavy atom. The molecule has 1 aliphatic heterocycles. The van der Waals surface area contributed by atoms with Gasteiger partial charge in [-0.2, -0.15) is 0 Å². The minimum atomic E-state index is -0.0923. The summed E-state index contributed by atoms with van der Waals surface area (Å²) in [6, 6.07) is 15.3. The van der Waals surface area contributed by atoms with Crippen LogP contribution in [0.25, 0.3) is 10.9 Å². The van der Waals surface area contributed by atoms with Crippen LogP contribution in [0, 0.1) is 6.92 Å². The van der Waals surface area contributed by atoms with E-state index >= 15 is 0 Å². The number of fused-ring (bicyclic) bond motifs is 1. The van der Waals surface area contributed by atoms with Crippen molar-refractivity contribution >= 4 is 28.2 Å². The number of benzene rings is 2. The fourth-order valence-corrected chi connectivity index (χ4v) is 4.17. The highest BCUT2D eigenvalue weighted by Gasteiger charge is 2.18. The van der Waals surface area contributed by atoms with E-state index in [0.29, 0.717) is 6.61 Å². The van der Waals surface area contributed by atoms with Crippen molar-refractivity contribution in [2.45, 2.75) is 19.8 Å². The number of nitrogens with one attached hydrogen (secondary N) is 1. The Bertz CT molecular complexity index is 1060. The molecule has 1 aromatic heterocycles. The molecule has 0 saturated carbocycles. The Kier molecular flexibility index (Phi) is 6.60. The van der Waals surface area contributed by atoms with Crippen LogP contribution in [0.3, 0.4) is 0 Å². The first kappa shape index (κ1) is 20.8. The minimum Gasteiger partial charge on any atom is -0.494 e. The largest absolute Gasteiger partial charge is 0.494 e. The lowest BCUT2D eigenvalue weighted by Crippen LogP contribution is -2.46. The fraction of sp³-hybridized carbons (Fsp3) is 0.375. The van der Waals surface area contributed by atoms with Crippen LogP contribution in [-0.4, -0.2) is 49.2 Å². The molecule has 0 amide bonds. The second-order valence-corrected chi connectivity index (χ2v) is 8.25. The molecule has 2 heterocycles. The first-order chi connectivity index (χ1) is 14.6. The third kappa shape index (κ3) is 4.97. The summed E-state index contributed by atoms with van der Waals surface area (Å²) in [6.07, 6.45) is 2.12. The van der Waals surface area contributed by atoms with Crippen molar-refractivity contribution in [3.8, 4) is 5.75 Å². The SMILES string of the molecule is Cc1c(Cl)cccc1N1CCN(CCCCOc2ccc3ccc(=O)[nH]c3c2)CC1. The molecular formula is C24H28ClN3O2. The second kappa shape index (κ2) is 9.54. The van der Waals surface area contributed by atoms with Crippen LogP contribution >= 0.6 is 11.6 Å². The molecule has 3 aromatic rings. The summed E-state index contributed by atoms with van der Waals surface area (Å²) in [6.45, 7) is 8.09. The summed E-state index contributed by atoms with van der Waals surface area (Å²) in [5.41, 5.74) is 3.15. The Hall–Kier alpha value is -2.50. The number of rotatable bonds is 7. The third-order valence-electron chi connectivity index (χ3n) is 5.79. The normalized spacial score (nSPS) is 14.9. The van der Waals surface area contributed by atoms with E-state index in [0.717, 1.165) is 67.2 Å². The Balaban J connectivity index is 1.18. The van der Waals surface area contributed by atoms with Crippen molar-refractivity contribution in [3.05, 3.63) is 69.5 Å². The van der Waals surface area contributed by atoms with Gasteiger partial charge in [0.25, 0.3) is 0 Å². The highest BCUT2D eigenvalue weighted by Crippen LogP contribution is 2.27. The molecular weight excluding hydrogens is 398 g/mol. The van der Waals surface area contributed by atoms with E-state index in [1.807, 2.05) is 36.4 Å². The van der Waals surface area contributed by atoms with Crippen LogP contribution in [0.4, 0.5) is 5.69 Å². The highest BCUT2D eigenvalue weighted by molar-refractivity contribution is 6.31. The summed E-state index contributed by atoms with van der Waals surface area (Å²) in [4.78, 5) is 19.3. The lowest BCUT2D eigenvalue weighted by Gasteiger charge is -2.37. The molecule has 1 fully saturated rings. The van der Waals surface area contributed by atoms with Crippen LogP contribution in [0.5, 0.6) is 5.75 Å². The number of unbranched alkanes of at least 4 members (excludes halogenated alkanes) is 1. The summed E-state index contributed by atoms with van der Waals surface area (Å²) in [5.74, 6) is 0.801. The van der Waals surface area contributed by atoms with E-state index < -0.39 is 0 Å². The monoisotopic (exact) mass is 425 g/mol. The third-order valence-corrected chi connectivity index (χ3v) is 6.20. The van der Waals surface area contributed by atoms with Crippen molar-refractivity contribution < 1.29 is 4.74 Å². The molecule has 0 unspecified atom stereocenters. The summed E-state index contributed by atoms with van der Waals surface area (Å²) in [5, 5.41) is 1.85. The second-order valence-electron chi connectivity index (χ2n) is 7.84. The van der Waals surface area contributed by atoms with Gasteiger partial charge in [0.1, 0.15) is 5.75 Å². The first-order valence-electron chi connectivity index (χ1n) is 10.6. The number of piperazine rings is 1. The molecule has 4 rings (SSSR count). The summed E-state index contributed by atoms with van der Waals surface area (Å²) >= 11 is 6.28. The topological polar surface area (TPSA) is 48.6 Å². The van der Waals surface area contributed by atoms with Gasteiger partial charge in [-0.15, -0.1) is 0 Å². The van der Waals surface area contributed by atoms with E-state index in [9.17, 15) is 4.79 Å². The van der Waals surface area contributed by atoms with Gasteiger partial charge in [-0.05, 0) is 67.6 Å². The van der Waals surface area contributed by atoms with Crippen molar-refractivity contribution in [1.29, 1.82) is 0 Å². The zero-order chi connectivity index (χ0) is 20.9. The van der Waals surface area contributed by atoms with E-state index in [-0.39, 0.29) is 5.56 Å². The predicted molar refractivity (Wildman–Crippen MR) is 124 cm³/mol. The highest BCUT2D eigenvalue weighted by atomic mass is 35.5. The number of pyridine rings is 1. The number of hydrogen-bond donors (Lipinski definition) is 1. The van der Waals surface area contributed by atoms with Crippen LogP contribution in [0.2, 0.25) is 5.02 Å². The maximum absolute atomic E-state index is 11.5. The van der Waals surface area contributed by atoms with E-state index in [1.54, 1.807) is 6.07 Å². The number of anilines is 1. The molecule has 0 spiro atoms. The van der Waals surface area contributed by atoms with Gasteiger partial charge in [0.2, 0.25) is 5.56 Å². The zero-order valence-electron chi connectivity index (χ0n) is 17.4. The molecule has 30 heavy (non-hydrogen) atoms. The zero-order valence-corrected chi connectivity index (χ0v) is 18.1. The maximum Gasteiger partial charge on any atom is 0.248 e.